The highest BCUT2D eigenvalue weighted by molar-refractivity contribution is 6.09. The van der Waals surface area contributed by atoms with Crippen molar-refractivity contribution >= 4 is 34.6 Å². The van der Waals surface area contributed by atoms with Crippen molar-refractivity contribution in [3.8, 4) is 0 Å². The maximum atomic E-state index is 12.7. The van der Waals surface area contributed by atoms with Crippen molar-refractivity contribution < 1.29 is 9.59 Å². The summed E-state index contributed by atoms with van der Waals surface area (Å²) >= 11 is 0. The minimum Gasteiger partial charge on any atom is -0.398 e. The summed E-state index contributed by atoms with van der Waals surface area (Å²) in [4.78, 5) is 25.4. The molecule has 0 aliphatic carbocycles. The van der Waals surface area contributed by atoms with E-state index in [0.717, 1.165) is 22.3 Å². The predicted molar refractivity (Wildman–Crippen MR) is 123 cm³/mol. The molecule has 3 aromatic rings. The van der Waals surface area contributed by atoms with Gasteiger partial charge in [0.05, 0.1) is 0 Å². The van der Waals surface area contributed by atoms with Gasteiger partial charge in [-0.1, -0.05) is 6.07 Å². The van der Waals surface area contributed by atoms with Crippen molar-refractivity contribution in [3.05, 3.63) is 81.9 Å². The maximum absolute atomic E-state index is 12.7. The Balaban J connectivity index is 1.78. The van der Waals surface area contributed by atoms with Gasteiger partial charge in [-0.2, -0.15) is 0 Å². The SMILES string of the molecule is Cc1cc(NC(=O)c2cccc(C(=O)Nc3cc(C)c(N)c(C)c3)c2)cc(C)c1N. The monoisotopic (exact) mass is 402 g/mol. The zero-order valence-electron chi connectivity index (χ0n) is 17.6. The van der Waals surface area contributed by atoms with Gasteiger partial charge in [0, 0.05) is 33.9 Å². The van der Waals surface area contributed by atoms with E-state index in [2.05, 4.69) is 10.6 Å². The number of rotatable bonds is 4. The first kappa shape index (κ1) is 20.9. The molecule has 154 valence electrons. The van der Waals surface area contributed by atoms with Crippen molar-refractivity contribution in [1.82, 2.24) is 0 Å². The molecule has 0 atom stereocenters. The van der Waals surface area contributed by atoms with Crippen molar-refractivity contribution in [2.45, 2.75) is 27.7 Å². The van der Waals surface area contributed by atoms with Crippen LogP contribution >= 0.6 is 0 Å². The first-order valence-electron chi connectivity index (χ1n) is 9.62. The Hall–Kier alpha value is -3.80. The highest BCUT2D eigenvalue weighted by atomic mass is 16.2. The van der Waals surface area contributed by atoms with Crippen molar-refractivity contribution in [1.29, 1.82) is 0 Å². The number of nitrogens with two attached hydrogens (primary N) is 2. The minimum atomic E-state index is -0.299. The highest BCUT2D eigenvalue weighted by Gasteiger charge is 2.13. The van der Waals surface area contributed by atoms with Crippen LogP contribution in [0.2, 0.25) is 0 Å². The molecule has 3 aromatic carbocycles. The van der Waals surface area contributed by atoms with E-state index in [1.54, 1.807) is 24.3 Å². The fourth-order valence-corrected chi connectivity index (χ4v) is 3.30. The minimum absolute atomic E-state index is 0.299. The van der Waals surface area contributed by atoms with Gasteiger partial charge in [-0.3, -0.25) is 9.59 Å². The van der Waals surface area contributed by atoms with Gasteiger partial charge in [0.2, 0.25) is 0 Å². The Morgan fingerprint density at radius 1 is 0.633 bits per heavy atom. The third-order valence-electron chi connectivity index (χ3n) is 5.09. The summed E-state index contributed by atoms with van der Waals surface area (Å²) in [7, 11) is 0. The topological polar surface area (TPSA) is 110 Å². The number of carbonyl (C=O) groups excluding carboxylic acids is 2. The lowest BCUT2D eigenvalue weighted by Crippen LogP contribution is -2.16. The fraction of sp³-hybridized carbons (Fsp3) is 0.167. The lowest BCUT2D eigenvalue weighted by Gasteiger charge is -2.12. The third-order valence-corrected chi connectivity index (χ3v) is 5.09. The summed E-state index contributed by atoms with van der Waals surface area (Å²) < 4.78 is 0. The van der Waals surface area contributed by atoms with Crippen LogP contribution < -0.4 is 22.1 Å². The second-order valence-electron chi connectivity index (χ2n) is 7.54. The molecular weight excluding hydrogens is 376 g/mol. The van der Waals surface area contributed by atoms with E-state index in [1.807, 2.05) is 52.0 Å². The summed E-state index contributed by atoms with van der Waals surface area (Å²) in [5.74, 6) is -0.597. The molecule has 0 saturated heterocycles. The molecule has 2 amide bonds. The molecule has 0 spiro atoms. The van der Waals surface area contributed by atoms with Crippen LogP contribution in [0.4, 0.5) is 22.7 Å². The van der Waals surface area contributed by atoms with Crippen LogP contribution in [-0.4, -0.2) is 11.8 Å². The van der Waals surface area contributed by atoms with E-state index in [0.29, 0.717) is 33.9 Å². The Kier molecular flexibility index (Phi) is 5.78. The van der Waals surface area contributed by atoms with Crippen molar-refractivity contribution in [2.24, 2.45) is 0 Å². The number of nitrogens with one attached hydrogen (secondary N) is 2. The number of amides is 2. The summed E-state index contributed by atoms with van der Waals surface area (Å²) in [6.45, 7) is 7.57. The Labute approximate surface area is 176 Å². The molecule has 6 N–H and O–H groups in total. The average Bonchev–Trinajstić information content (AvgIpc) is 2.70. The Morgan fingerprint density at radius 2 is 0.967 bits per heavy atom. The zero-order valence-corrected chi connectivity index (χ0v) is 17.6. The summed E-state index contributed by atoms with van der Waals surface area (Å²) in [6, 6.07) is 13.9. The summed E-state index contributed by atoms with van der Waals surface area (Å²) in [5.41, 5.74) is 19.0. The van der Waals surface area contributed by atoms with Gasteiger partial charge in [0.15, 0.2) is 0 Å². The zero-order chi connectivity index (χ0) is 22.0. The number of hydrogen-bond acceptors (Lipinski definition) is 4. The van der Waals surface area contributed by atoms with Crippen LogP contribution in [0.3, 0.4) is 0 Å². The highest BCUT2D eigenvalue weighted by Crippen LogP contribution is 2.24. The van der Waals surface area contributed by atoms with E-state index < -0.39 is 0 Å². The van der Waals surface area contributed by atoms with Gasteiger partial charge in [-0.25, -0.2) is 0 Å². The van der Waals surface area contributed by atoms with Crippen LogP contribution in [0, 0.1) is 27.7 Å². The van der Waals surface area contributed by atoms with Gasteiger partial charge < -0.3 is 22.1 Å². The lowest BCUT2D eigenvalue weighted by atomic mass is 10.1. The molecule has 0 aliphatic heterocycles. The normalized spacial score (nSPS) is 10.5. The summed E-state index contributed by atoms with van der Waals surface area (Å²) in [6.07, 6.45) is 0. The van der Waals surface area contributed by atoms with Crippen molar-refractivity contribution in [3.63, 3.8) is 0 Å². The van der Waals surface area contributed by atoms with E-state index in [4.69, 9.17) is 11.5 Å². The molecule has 30 heavy (non-hydrogen) atoms. The molecule has 0 saturated carbocycles. The number of carbonyl (C=O) groups is 2. The van der Waals surface area contributed by atoms with Gasteiger partial charge in [-0.15, -0.1) is 0 Å². The number of benzene rings is 3. The molecule has 0 radical (unpaired) electrons. The predicted octanol–water partition coefficient (Wildman–Crippen LogP) is 4.59. The molecule has 6 heteroatoms. The van der Waals surface area contributed by atoms with Gasteiger partial charge in [-0.05, 0) is 92.4 Å². The molecule has 0 aliphatic rings. The number of nitrogen functional groups attached to an aromatic ring is 2. The molecule has 0 aromatic heterocycles. The van der Waals surface area contributed by atoms with Crippen LogP contribution in [0.25, 0.3) is 0 Å². The van der Waals surface area contributed by atoms with E-state index >= 15 is 0 Å². The van der Waals surface area contributed by atoms with E-state index in [9.17, 15) is 9.59 Å². The van der Waals surface area contributed by atoms with Crippen LogP contribution in [0.15, 0.2) is 48.5 Å². The van der Waals surface area contributed by atoms with Gasteiger partial charge in [0.1, 0.15) is 0 Å². The van der Waals surface area contributed by atoms with Gasteiger partial charge in [0.25, 0.3) is 11.8 Å². The number of anilines is 4. The summed E-state index contributed by atoms with van der Waals surface area (Å²) in [5, 5.41) is 5.73. The molecule has 0 heterocycles. The molecule has 3 rings (SSSR count). The molecular formula is C24H26N4O2. The van der Waals surface area contributed by atoms with Crippen LogP contribution in [0.5, 0.6) is 0 Å². The first-order valence-corrected chi connectivity index (χ1v) is 9.62. The molecule has 0 unspecified atom stereocenters. The molecule has 6 nitrogen and oxygen atoms in total. The van der Waals surface area contributed by atoms with E-state index in [1.165, 1.54) is 0 Å². The van der Waals surface area contributed by atoms with Crippen LogP contribution in [-0.2, 0) is 0 Å². The second-order valence-corrected chi connectivity index (χ2v) is 7.54. The average molecular weight is 402 g/mol. The largest absolute Gasteiger partial charge is 0.398 e. The number of hydrogen-bond donors (Lipinski definition) is 4. The Bertz CT molecular complexity index is 1020. The lowest BCUT2D eigenvalue weighted by molar-refractivity contribution is 0.102. The quantitative estimate of drug-likeness (QED) is 0.478. The number of aryl methyl sites for hydroxylation is 4. The van der Waals surface area contributed by atoms with E-state index in [-0.39, 0.29) is 11.8 Å². The standard InChI is InChI=1S/C24H26N4O2/c1-13-8-19(9-14(2)21(13)25)27-23(29)17-6-5-7-18(12-17)24(30)28-20-10-15(3)22(26)16(4)11-20/h5-12H,25-26H2,1-4H3,(H,27,29)(H,28,30). The maximum Gasteiger partial charge on any atom is 0.255 e. The Morgan fingerprint density at radius 3 is 1.30 bits per heavy atom. The smallest absolute Gasteiger partial charge is 0.255 e. The fourth-order valence-electron chi connectivity index (χ4n) is 3.30. The first-order chi connectivity index (χ1) is 14.2. The van der Waals surface area contributed by atoms with Crippen LogP contribution in [0.1, 0.15) is 43.0 Å². The molecule has 0 bridgehead atoms. The second kappa shape index (κ2) is 8.29. The molecule has 0 fully saturated rings. The third kappa shape index (κ3) is 4.43. The van der Waals surface area contributed by atoms with Crippen molar-refractivity contribution in [2.75, 3.05) is 22.1 Å². The van der Waals surface area contributed by atoms with Gasteiger partial charge >= 0.3 is 0 Å².